The molecular weight excluding hydrogens is 486 g/mol. The number of nitrogens with one attached hydrogen (secondary N) is 3. The van der Waals surface area contributed by atoms with Crippen LogP contribution in [0, 0.1) is 11.3 Å². The van der Waals surface area contributed by atoms with Crippen LogP contribution < -0.4 is 20.9 Å². The molecular formula is C26H33N9O3. The fourth-order valence-corrected chi connectivity index (χ4v) is 3.96. The highest BCUT2D eigenvalue weighted by Crippen LogP contribution is 2.23. The van der Waals surface area contributed by atoms with Gasteiger partial charge in [0.15, 0.2) is 5.82 Å². The first kappa shape index (κ1) is 26.7. The Morgan fingerprint density at radius 2 is 1.63 bits per heavy atom. The standard InChI is InChI=1S/C26H33N9O3/c1-26(2,3)25(38)33-20-6-4-18(5-7-20)23(36)28-10-11-29-24(37)19-8-12-34(13-9-19)21-14-22(31-16-30-21)35-17-27-15-32-35/h4-7,14-17,19H,8-13H2,1-3H3,(H,28,36)(H,29,37)(H,33,38). The van der Waals surface area contributed by atoms with Gasteiger partial charge in [0, 0.05) is 54.8 Å². The zero-order valence-corrected chi connectivity index (χ0v) is 21.8. The van der Waals surface area contributed by atoms with Gasteiger partial charge in [-0.3, -0.25) is 14.4 Å². The maximum absolute atomic E-state index is 12.6. The van der Waals surface area contributed by atoms with Crippen LogP contribution in [0.4, 0.5) is 11.5 Å². The lowest BCUT2D eigenvalue weighted by atomic mass is 9.95. The van der Waals surface area contributed by atoms with E-state index in [2.05, 4.69) is 40.9 Å². The first-order valence-corrected chi connectivity index (χ1v) is 12.6. The first-order chi connectivity index (χ1) is 18.2. The lowest BCUT2D eigenvalue weighted by molar-refractivity contribution is -0.125. The van der Waals surface area contributed by atoms with Crippen molar-refractivity contribution in [3.8, 4) is 5.82 Å². The summed E-state index contributed by atoms with van der Waals surface area (Å²) >= 11 is 0. The second kappa shape index (κ2) is 11.8. The highest BCUT2D eigenvalue weighted by Gasteiger charge is 2.26. The smallest absolute Gasteiger partial charge is 0.251 e. The molecule has 12 nitrogen and oxygen atoms in total. The molecule has 0 bridgehead atoms. The molecule has 0 aliphatic carbocycles. The highest BCUT2D eigenvalue weighted by molar-refractivity contribution is 5.97. The Morgan fingerprint density at radius 3 is 2.29 bits per heavy atom. The molecule has 0 atom stereocenters. The van der Waals surface area contributed by atoms with Crippen LogP contribution in [0.5, 0.6) is 0 Å². The van der Waals surface area contributed by atoms with E-state index < -0.39 is 5.41 Å². The largest absolute Gasteiger partial charge is 0.356 e. The zero-order chi connectivity index (χ0) is 27.1. The fraction of sp³-hybridized carbons (Fsp3) is 0.423. The van der Waals surface area contributed by atoms with Crippen LogP contribution in [0.3, 0.4) is 0 Å². The second-order valence-electron chi connectivity index (χ2n) is 10.2. The Morgan fingerprint density at radius 1 is 0.947 bits per heavy atom. The summed E-state index contributed by atoms with van der Waals surface area (Å²) in [6, 6.07) is 8.57. The van der Waals surface area contributed by atoms with Crippen molar-refractivity contribution in [3.05, 3.63) is 54.9 Å². The van der Waals surface area contributed by atoms with Gasteiger partial charge in [0.05, 0.1) is 0 Å². The topological polar surface area (TPSA) is 147 Å². The van der Waals surface area contributed by atoms with Crippen molar-refractivity contribution in [2.45, 2.75) is 33.6 Å². The normalized spacial score (nSPS) is 14.1. The maximum atomic E-state index is 12.6. The Bertz CT molecular complexity index is 1250. The van der Waals surface area contributed by atoms with Gasteiger partial charge >= 0.3 is 0 Å². The number of rotatable bonds is 8. The Labute approximate surface area is 221 Å². The monoisotopic (exact) mass is 519 g/mol. The van der Waals surface area contributed by atoms with E-state index in [4.69, 9.17) is 0 Å². The van der Waals surface area contributed by atoms with Gasteiger partial charge in [-0.1, -0.05) is 20.8 Å². The molecule has 3 amide bonds. The minimum Gasteiger partial charge on any atom is -0.356 e. The van der Waals surface area contributed by atoms with Crippen LogP contribution in [0.1, 0.15) is 44.0 Å². The van der Waals surface area contributed by atoms with Crippen LogP contribution in [-0.4, -0.2) is 68.6 Å². The molecule has 1 fully saturated rings. The molecule has 3 heterocycles. The average Bonchev–Trinajstić information content (AvgIpc) is 3.46. The summed E-state index contributed by atoms with van der Waals surface area (Å²) in [7, 11) is 0. The molecule has 12 heteroatoms. The van der Waals surface area contributed by atoms with E-state index >= 15 is 0 Å². The highest BCUT2D eigenvalue weighted by atomic mass is 16.2. The molecule has 3 aromatic rings. The summed E-state index contributed by atoms with van der Waals surface area (Å²) in [4.78, 5) is 51.8. The molecule has 1 aromatic carbocycles. The number of amides is 3. The van der Waals surface area contributed by atoms with Gasteiger partial charge in [-0.25, -0.2) is 19.6 Å². The molecule has 1 aliphatic heterocycles. The van der Waals surface area contributed by atoms with Crippen LogP contribution in [0.15, 0.2) is 49.3 Å². The van der Waals surface area contributed by atoms with Crippen molar-refractivity contribution in [1.82, 2.24) is 35.4 Å². The molecule has 4 rings (SSSR count). The Balaban J connectivity index is 1.16. The first-order valence-electron chi connectivity index (χ1n) is 12.6. The van der Waals surface area contributed by atoms with Crippen molar-refractivity contribution in [3.63, 3.8) is 0 Å². The molecule has 2 aromatic heterocycles. The van der Waals surface area contributed by atoms with Crippen LogP contribution >= 0.6 is 0 Å². The number of benzene rings is 1. The third kappa shape index (κ3) is 6.90. The zero-order valence-electron chi connectivity index (χ0n) is 21.8. The number of hydrogen-bond donors (Lipinski definition) is 3. The SMILES string of the molecule is CC(C)(C)C(=O)Nc1ccc(C(=O)NCCNC(=O)C2CCN(c3cc(-n4cncn4)ncn3)CC2)cc1. The molecule has 0 saturated carbocycles. The minimum absolute atomic E-state index is 0.0103. The van der Waals surface area contributed by atoms with E-state index in [9.17, 15) is 14.4 Å². The average molecular weight is 520 g/mol. The van der Waals surface area contributed by atoms with Gasteiger partial charge in [0.2, 0.25) is 11.8 Å². The van der Waals surface area contributed by atoms with Crippen molar-refractivity contribution in [1.29, 1.82) is 0 Å². The number of piperidine rings is 1. The number of hydrogen-bond acceptors (Lipinski definition) is 8. The van der Waals surface area contributed by atoms with Crippen molar-refractivity contribution < 1.29 is 14.4 Å². The van der Waals surface area contributed by atoms with Crippen LogP contribution in [0.25, 0.3) is 5.82 Å². The number of carbonyl (C=O) groups is 3. The molecule has 3 N–H and O–H groups in total. The summed E-state index contributed by atoms with van der Waals surface area (Å²) in [5.74, 6) is 0.992. The fourth-order valence-electron chi connectivity index (χ4n) is 3.96. The van der Waals surface area contributed by atoms with Gasteiger partial charge in [0.1, 0.15) is 24.8 Å². The van der Waals surface area contributed by atoms with Crippen molar-refractivity contribution in [2.75, 3.05) is 36.4 Å². The lowest BCUT2D eigenvalue weighted by Crippen LogP contribution is -2.42. The number of anilines is 2. The Kier molecular flexibility index (Phi) is 8.29. The number of carbonyl (C=O) groups excluding carboxylic acids is 3. The third-order valence-electron chi connectivity index (χ3n) is 6.28. The van der Waals surface area contributed by atoms with E-state index in [1.54, 1.807) is 35.3 Å². The second-order valence-corrected chi connectivity index (χ2v) is 10.2. The van der Waals surface area contributed by atoms with Crippen molar-refractivity contribution in [2.24, 2.45) is 11.3 Å². The molecule has 1 saturated heterocycles. The predicted octanol–water partition coefficient (Wildman–Crippen LogP) is 1.80. The lowest BCUT2D eigenvalue weighted by Gasteiger charge is -2.32. The summed E-state index contributed by atoms with van der Waals surface area (Å²) in [5, 5.41) is 12.7. The van der Waals surface area contributed by atoms with E-state index in [1.807, 2.05) is 26.8 Å². The summed E-state index contributed by atoms with van der Waals surface area (Å²) in [6.07, 6.45) is 5.94. The quantitative estimate of drug-likeness (QED) is 0.382. The molecule has 0 spiro atoms. The van der Waals surface area contributed by atoms with Gasteiger partial charge < -0.3 is 20.9 Å². The van der Waals surface area contributed by atoms with Gasteiger partial charge in [-0.15, -0.1) is 0 Å². The van der Waals surface area contributed by atoms with E-state index in [1.165, 1.54) is 12.7 Å². The molecule has 38 heavy (non-hydrogen) atoms. The number of nitrogens with zero attached hydrogens (tertiary/aromatic N) is 6. The molecule has 0 radical (unpaired) electrons. The van der Waals surface area contributed by atoms with E-state index in [-0.39, 0.29) is 23.6 Å². The van der Waals surface area contributed by atoms with E-state index in [0.29, 0.717) is 56.1 Å². The summed E-state index contributed by atoms with van der Waals surface area (Å²) in [5.41, 5.74) is 0.613. The van der Waals surface area contributed by atoms with E-state index in [0.717, 1.165) is 5.82 Å². The molecule has 0 unspecified atom stereocenters. The number of aromatic nitrogens is 5. The minimum atomic E-state index is -0.503. The maximum Gasteiger partial charge on any atom is 0.251 e. The van der Waals surface area contributed by atoms with Crippen LogP contribution in [-0.2, 0) is 9.59 Å². The van der Waals surface area contributed by atoms with Gasteiger partial charge in [0.25, 0.3) is 5.91 Å². The van der Waals surface area contributed by atoms with Gasteiger partial charge in [-0.05, 0) is 37.1 Å². The van der Waals surface area contributed by atoms with Crippen LogP contribution in [0.2, 0.25) is 0 Å². The van der Waals surface area contributed by atoms with Gasteiger partial charge in [-0.2, -0.15) is 5.10 Å². The molecule has 200 valence electrons. The van der Waals surface area contributed by atoms with Crippen molar-refractivity contribution >= 4 is 29.2 Å². The molecule has 1 aliphatic rings. The summed E-state index contributed by atoms with van der Waals surface area (Å²) < 4.78 is 1.58. The summed E-state index contributed by atoms with van der Waals surface area (Å²) in [6.45, 7) is 7.58. The third-order valence-corrected chi connectivity index (χ3v) is 6.28. The predicted molar refractivity (Wildman–Crippen MR) is 142 cm³/mol. The Hall–Kier alpha value is -4.35.